The van der Waals surface area contributed by atoms with Crippen LogP contribution in [0.3, 0.4) is 0 Å². The van der Waals surface area contributed by atoms with Gasteiger partial charge < -0.3 is 10.2 Å². The summed E-state index contributed by atoms with van der Waals surface area (Å²) in [7, 11) is 0. The zero-order valence-electron chi connectivity index (χ0n) is 16.3. The lowest BCUT2D eigenvalue weighted by Crippen LogP contribution is -2.30. The largest absolute Gasteiger partial charge is 0.357 e. The Morgan fingerprint density at radius 3 is 2.89 bits per heavy atom. The standard InChI is InChI=1S/C22H28N4OS/c27-21(24-11-9-17-7-3-1-4-8-17)19-16-28-22(25-19)18-10-12-23-20(15-18)26-13-5-2-6-14-26/h7,10,12,15-16H,1-6,8-9,11,13-14H2,(H,24,27). The fourth-order valence-electron chi connectivity index (χ4n) is 3.92. The van der Waals surface area contributed by atoms with E-state index in [1.54, 1.807) is 0 Å². The molecule has 148 valence electrons. The Kier molecular flexibility index (Phi) is 6.37. The Balaban J connectivity index is 1.37. The molecule has 1 amide bonds. The van der Waals surface area contributed by atoms with E-state index in [1.165, 1.54) is 61.9 Å². The van der Waals surface area contributed by atoms with Crippen LogP contribution in [-0.2, 0) is 0 Å². The summed E-state index contributed by atoms with van der Waals surface area (Å²) in [6.07, 6.45) is 13.8. The third kappa shape index (κ3) is 4.79. The lowest BCUT2D eigenvalue weighted by atomic mass is 9.97. The maximum atomic E-state index is 12.4. The average molecular weight is 397 g/mol. The molecule has 28 heavy (non-hydrogen) atoms. The Labute approximate surface area is 170 Å². The minimum absolute atomic E-state index is 0.0794. The summed E-state index contributed by atoms with van der Waals surface area (Å²) < 4.78 is 0. The van der Waals surface area contributed by atoms with Gasteiger partial charge in [-0.1, -0.05) is 11.6 Å². The molecule has 6 heteroatoms. The van der Waals surface area contributed by atoms with Gasteiger partial charge in [-0.05, 0) is 63.5 Å². The molecule has 1 saturated heterocycles. The molecule has 1 aliphatic heterocycles. The van der Waals surface area contributed by atoms with E-state index in [2.05, 4.69) is 32.3 Å². The van der Waals surface area contributed by atoms with Crippen molar-refractivity contribution in [2.75, 3.05) is 24.5 Å². The molecule has 3 heterocycles. The van der Waals surface area contributed by atoms with Crippen LogP contribution < -0.4 is 10.2 Å². The number of nitrogens with zero attached hydrogens (tertiary/aromatic N) is 3. The van der Waals surface area contributed by atoms with E-state index in [4.69, 9.17) is 0 Å². The lowest BCUT2D eigenvalue weighted by Gasteiger charge is -2.27. The second kappa shape index (κ2) is 9.32. The van der Waals surface area contributed by atoms with Crippen molar-refractivity contribution in [3.05, 3.63) is 41.1 Å². The maximum absolute atomic E-state index is 12.4. The third-order valence-electron chi connectivity index (χ3n) is 5.53. The summed E-state index contributed by atoms with van der Waals surface area (Å²) in [5.74, 6) is 0.934. The van der Waals surface area contributed by atoms with Gasteiger partial charge >= 0.3 is 0 Å². The second-order valence-corrected chi connectivity index (χ2v) is 8.46. The predicted octanol–water partition coefficient (Wildman–Crippen LogP) is 4.82. The monoisotopic (exact) mass is 396 g/mol. The first-order chi connectivity index (χ1) is 13.8. The van der Waals surface area contributed by atoms with E-state index in [9.17, 15) is 4.79 Å². The van der Waals surface area contributed by atoms with Crippen LogP contribution in [-0.4, -0.2) is 35.5 Å². The first-order valence-corrected chi connectivity index (χ1v) is 11.3. The van der Waals surface area contributed by atoms with Crippen LogP contribution in [0.2, 0.25) is 0 Å². The number of amides is 1. The van der Waals surface area contributed by atoms with Crippen molar-refractivity contribution in [1.29, 1.82) is 0 Å². The van der Waals surface area contributed by atoms with Gasteiger partial charge in [-0.3, -0.25) is 4.79 Å². The van der Waals surface area contributed by atoms with E-state index in [-0.39, 0.29) is 5.91 Å². The lowest BCUT2D eigenvalue weighted by molar-refractivity contribution is 0.0950. The molecule has 2 aromatic rings. The van der Waals surface area contributed by atoms with Crippen molar-refractivity contribution in [3.63, 3.8) is 0 Å². The second-order valence-electron chi connectivity index (χ2n) is 7.60. The summed E-state index contributed by atoms with van der Waals surface area (Å²) >= 11 is 1.52. The van der Waals surface area contributed by atoms with Crippen molar-refractivity contribution in [2.24, 2.45) is 0 Å². The number of thiazole rings is 1. The normalized spacial score (nSPS) is 17.3. The van der Waals surface area contributed by atoms with Gasteiger partial charge in [-0.2, -0.15) is 0 Å². The Hall–Kier alpha value is -2.21. The van der Waals surface area contributed by atoms with Crippen molar-refractivity contribution in [1.82, 2.24) is 15.3 Å². The number of piperidine rings is 1. The van der Waals surface area contributed by atoms with Gasteiger partial charge in [0.1, 0.15) is 16.5 Å². The van der Waals surface area contributed by atoms with Crippen molar-refractivity contribution in [2.45, 2.75) is 51.4 Å². The summed E-state index contributed by atoms with van der Waals surface area (Å²) in [5.41, 5.74) is 3.02. The quantitative estimate of drug-likeness (QED) is 0.712. The molecule has 0 radical (unpaired) electrons. The third-order valence-corrected chi connectivity index (χ3v) is 6.42. The minimum atomic E-state index is -0.0794. The van der Waals surface area contributed by atoms with Gasteiger partial charge in [-0.25, -0.2) is 9.97 Å². The molecule has 0 atom stereocenters. The van der Waals surface area contributed by atoms with Crippen LogP contribution in [0.1, 0.15) is 61.9 Å². The zero-order chi connectivity index (χ0) is 19.2. The number of aromatic nitrogens is 2. The summed E-state index contributed by atoms with van der Waals surface area (Å²) in [6.45, 7) is 2.82. The first kappa shape index (κ1) is 19.1. The Morgan fingerprint density at radius 2 is 2.07 bits per heavy atom. The molecule has 1 N–H and O–H groups in total. The van der Waals surface area contributed by atoms with Gasteiger partial charge in [0.25, 0.3) is 5.91 Å². The van der Waals surface area contributed by atoms with Gasteiger partial charge in [0.15, 0.2) is 0 Å². The van der Waals surface area contributed by atoms with Crippen molar-refractivity contribution in [3.8, 4) is 10.6 Å². The number of hydrogen-bond donors (Lipinski definition) is 1. The molecule has 0 bridgehead atoms. The number of carbonyl (C=O) groups excluding carboxylic acids is 1. The Bertz CT molecular complexity index is 839. The van der Waals surface area contributed by atoms with E-state index < -0.39 is 0 Å². The van der Waals surface area contributed by atoms with Crippen LogP contribution in [0, 0.1) is 0 Å². The summed E-state index contributed by atoms with van der Waals surface area (Å²) in [5, 5.41) is 5.75. The molecule has 1 fully saturated rings. The molecule has 1 aliphatic carbocycles. The van der Waals surface area contributed by atoms with Crippen LogP contribution >= 0.6 is 11.3 Å². The highest BCUT2D eigenvalue weighted by molar-refractivity contribution is 7.13. The topological polar surface area (TPSA) is 58.1 Å². The molecule has 0 saturated carbocycles. The van der Waals surface area contributed by atoms with Crippen LogP contribution in [0.15, 0.2) is 35.4 Å². The molecule has 5 nitrogen and oxygen atoms in total. The zero-order valence-corrected chi connectivity index (χ0v) is 17.1. The first-order valence-electron chi connectivity index (χ1n) is 10.4. The fraction of sp³-hybridized carbons (Fsp3) is 0.500. The highest BCUT2D eigenvalue weighted by atomic mass is 32.1. The SMILES string of the molecule is O=C(NCCC1=CCCCC1)c1csc(-c2ccnc(N3CCCCC3)c2)n1. The van der Waals surface area contributed by atoms with Crippen molar-refractivity contribution < 1.29 is 4.79 Å². The number of carbonyl (C=O) groups is 1. The molecular weight excluding hydrogens is 368 g/mol. The molecular formula is C22H28N4OS. The molecule has 2 aliphatic rings. The van der Waals surface area contributed by atoms with Gasteiger partial charge in [0.05, 0.1) is 0 Å². The number of rotatable bonds is 6. The fourth-order valence-corrected chi connectivity index (χ4v) is 4.71. The molecule has 2 aromatic heterocycles. The highest BCUT2D eigenvalue weighted by Gasteiger charge is 2.15. The van der Waals surface area contributed by atoms with E-state index in [1.807, 2.05) is 17.6 Å². The van der Waals surface area contributed by atoms with Crippen LogP contribution in [0.25, 0.3) is 10.6 Å². The number of nitrogens with one attached hydrogen (secondary N) is 1. The van der Waals surface area contributed by atoms with Crippen molar-refractivity contribution >= 4 is 23.1 Å². The molecule has 0 aromatic carbocycles. The summed E-state index contributed by atoms with van der Waals surface area (Å²) in [4.78, 5) is 23.9. The summed E-state index contributed by atoms with van der Waals surface area (Å²) in [6, 6.07) is 4.07. The number of anilines is 1. The van der Waals surface area contributed by atoms with Crippen LogP contribution in [0.5, 0.6) is 0 Å². The van der Waals surface area contributed by atoms with Gasteiger partial charge in [-0.15, -0.1) is 11.3 Å². The Morgan fingerprint density at radius 1 is 1.18 bits per heavy atom. The average Bonchev–Trinajstić information content (AvgIpc) is 3.26. The van der Waals surface area contributed by atoms with E-state index in [0.29, 0.717) is 12.2 Å². The van der Waals surface area contributed by atoms with Gasteiger partial charge in [0.2, 0.25) is 0 Å². The van der Waals surface area contributed by atoms with Gasteiger partial charge in [0, 0.05) is 36.8 Å². The van der Waals surface area contributed by atoms with E-state index in [0.717, 1.165) is 35.9 Å². The molecule has 4 rings (SSSR count). The minimum Gasteiger partial charge on any atom is -0.357 e. The number of pyridine rings is 1. The van der Waals surface area contributed by atoms with Crippen LogP contribution in [0.4, 0.5) is 5.82 Å². The molecule has 0 unspecified atom stereocenters. The highest BCUT2D eigenvalue weighted by Crippen LogP contribution is 2.27. The number of hydrogen-bond acceptors (Lipinski definition) is 5. The number of allylic oxidation sites excluding steroid dienone is 1. The predicted molar refractivity (Wildman–Crippen MR) is 115 cm³/mol. The smallest absolute Gasteiger partial charge is 0.270 e. The van der Waals surface area contributed by atoms with E-state index >= 15 is 0 Å². The molecule has 0 spiro atoms. The maximum Gasteiger partial charge on any atom is 0.270 e.